The van der Waals surface area contributed by atoms with Crippen LogP contribution in [0.15, 0.2) is 60.7 Å². The maximum Gasteiger partial charge on any atom is 0.119 e. The van der Waals surface area contributed by atoms with Crippen LogP contribution in [-0.4, -0.2) is 23.1 Å². The minimum absolute atomic E-state index is 0.0277. The number of rotatable bonds is 4. The highest BCUT2D eigenvalue weighted by Gasteiger charge is 2.39. The van der Waals surface area contributed by atoms with Crippen molar-refractivity contribution in [3.63, 3.8) is 0 Å². The van der Waals surface area contributed by atoms with Crippen molar-refractivity contribution in [3.8, 4) is 0 Å². The summed E-state index contributed by atoms with van der Waals surface area (Å²) >= 11 is 5.98. The Morgan fingerprint density at radius 1 is 0.864 bits per heavy atom. The van der Waals surface area contributed by atoms with E-state index in [1.807, 2.05) is 60.7 Å². The van der Waals surface area contributed by atoms with Gasteiger partial charge >= 0.3 is 0 Å². The third-order valence-corrected chi connectivity index (χ3v) is 10.4. The van der Waals surface area contributed by atoms with E-state index in [0.29, 0.717) is 6.16 Å². The maximum absolute atomic E-state index is 11.6. The lowest BCUT2D eigenvalue weighted by Crippen LogP contribution is -2.34. The molecule has 0 bridgehead atoms. The van der Waals surface area contributed by atoms with Gasteiger partial charge in [0.05, 0.1) is 0 Å². The fourth-order valence-electron chi connectivity index (χ4n) is 2.45. The van der Waals surface area contributed by atoms with E-state index in [1.165, 1.54) is 0 Å². The summed E-state index contributed by atoms with van der Waals surface area (Å²) in [4.78, 5) is 0. The summed E-state index contributed by atoms with van der Waals surface area (Å²) in [5.41, 5.74) is 0.808. The van der Waals surface area contributed by atoms with Gasteiger partial charge in [-0.15, -0.1) is 0 Å². The average Bonchev–Trinajstić information content (AvgIpc) is 2.47. The molecule has 2 rings (SSSR count). The quantitative estimate of drug-likeness (QED) is 0.809. The Labute approximate surface area is 139 Å². The summed E-state index contributed by atoms with van der Waals surface area (Å²) in [6, 6.07) is 18.1. The summed E-state index contributed by atoms with van der Waals surface area (Å²) in [7, 11) is 0. The average molecular weight is 332 g/mol. The first-order valence-corrected chi connectivity index (χ1v) is 11.0. The number of hydrogen-bond donors (Lipinski definition) is 1. The van der Waals surface area contributed by atoms with Crippen LogP contribution in [0.5, 0.6) is 0 Å². The second-order valence-electron chi connectivity index (χ2n) is 7.02. The van der Waals surface area contributed by atoms with E-state index in [-0.39, 0.29) is 5.16 Å². The van der Waals surface area contributed by atoms with Crippen LogP contribution in [0.2, 0.25) is 0 Å². The largest absolute Gasteiger partial charge is 0.380 e. The van der Waals surface area contributed by atoms with Gasteiger partial charge in [-0.25, -0.2) is 0 Å². The molecule has 1 nitrogen and oxygen atoms in total. The summed E-state index contributed by atoms with van der Waals surface area (Å²) in [5, 5.41) is 11.6. The zero-order valence-corrected chi connectivity index (χ0v) is 15.5. The molecule has 0 aliphatic heterocycles. The summed E-state index contributed by atoms with van der Waals surface area (Å²) < 4.78 is 0. The van der Waals surface area contributed by atoms with Crippen LogP contribution >= 0.6 is 6.04 Å². The van der Waals surface area contributed by atoms with Crippen molar-refractivity contribution in [2.24, 2.45) is 0 Å². The minimum Gasteiger partial charge on any atom is -0.380 e. The monoisotopic (exact) mass is 332 g/mol. The highest BCUT2D eigenvalue weighted by molar-refractivity contribution is 8.15. The van der Waals surface area contributed by atoms with Gasteiger partial charge in [-0.05, 0) is 29.0 Å². The smallest absolute Gasteiger partial charge is 0.119 e. The van der Waals surface area contributed by atoms with E-state index in [0.717, 1.165) is 11.1 Å². The van der Waals surface area contributed by atoms with Crippen LogP contribution in [0.1, 0.15) is 31.9 Å². The second-order valence-corrected chi connectivity index (χ2v) is 13.3. The lowest BCUT2D eigenvalue weighted by Gasteiger charge is -2.39. The van der Waals surface area contributed by atoms with Gasteiger partial charge in [0.25, 0.3) is 0 Å². The van der Waals surface area contributed by atoms with Gasteiger partial charge in [0.2, 0.25) is 0 Å². The van der Waals surface area contributed by atoms with Crippen molar-refractivity contribution in [2.75, 3.05) is 12.8 Å². The van der Waals surface area contributed by atoms with Crippen molar-refractivity contribution in [3.05, 3.63) is 71.8 Å². The third-order valence-electron chi connectivity index (χ3n) is 4.45. The lowest BCUT2D eigenvalue weighted by atomic mass is 9.88. The molecule has 22 heavy (non-hydrogen) atoms. The molecule has 2 aromatic carbocycles. The fraction of sp³-hybridized carbons (Fsp3) is 0.368. The molecule has 0 heterocycles. The molecule has 2 aromatic rings. The topological polar surface area (TPSA) is 20.2 Å². The molecule has 0 amide bonds. The molecule has 0 aromatic heterocycles. The van der Waals surface area contributed by atoms with Gasteiger partial charge < -0.3 is 5.11 Å². The Bertz CT molecular complexity index is 619. The third kappa shape index (κ3) is 3.51. The van der Waals surface area contributed by atoms with Crippen molar-refractivity contribution in [1.82, 2.24) is 0 Å². The molecule has 0 radical (unpaired) electrons. The SMILES string of the molecule is CC(C)(C)[P@](C)(=S)CC(O)(c1ccccc1)c1ccccc1. The Kier molecular flexibility index (Phi) is 4.96. The molecule has 0 saturated carbocycles. The van der Waals surface area contributed by atoms with Crippen LogP contribution in [0.25, 0.3) is 0 Å². The van der Waals surface area contributed by atoms with E-state index in [1.54, 1.807) is 0 Å². The highest BCUT2D eigenvalue weighted by Crippen LogP contribution is 2.58. The highest BCUT2D eigenvalue weighted by atomic mass is 32.4. The minimum atomic E-state index is -1.75. The summed E-state index contributed by atoms with van der Waals surface area (Å²) in [6.45, 7) is 8.72. The Morgan fingerprint density at radius 3 is 1.55 bits per heavy atom. The van der Waals surface area contributed by atoms with Gasteiger partial charge in [0, 0.05) is 6.16 Å². The first kappa shape index (κ1) is 17.4. The molecule has 1 N–H and O–H groups in total. The van der Waals surface area contributed by atoms with Gasteiger partial charge in [-0.1, -0.05) is 93.2 Å². The van der Waals surface area contributed by atoms with Gasteiger partial charge in [-0.3, -0.25) is 0 Å². The number of aliphatic hydroxyl groups is 1. The molecule has 0 aliphatic rings. The molecule has 0 aliphatic carbocycles. The van der Waals surface area contributed by atoms with Gasteiger partial charge in [0.15, 0.2) is 0 Å². The molecular formula is C19H25OPS. The van der Waals surface area contributed by atoms with Crippen molar-refractivity contribution < 1.29 is 5.11 Å². The molecular weight excluding hydrogens is 307 g/mol. The molecule has 3 heteroatoms. The molecule has 0 saturated heterocycles. The fourth-order valence-corrected chi connectivity index (χ4v) is 4.72. The van der Waals surface area contributed by atoms with E-state index in [9.17, 15) is 5.11 Å². The predicted octanol–water partition coefficient (Wildman–Crippen LogP) is 4.83. The van der Waals surface area contributed by atoms with Crippen LogP contribution in [0.4, 0.5) is 0 Å². The van der Waals surface area contributed by atoms with Crippen LogP contribution in [0, 0.1) is 0 Å². The zero-order chi connectivity index (χ0) is 16.4. The maximum atomic E-state index is 11.6. The van der Waals surface area contributed by atoms with Crippen LogP contribution in [0.3, 0.4) is 0 Å². The van der Waals surface area contributed by atoms with E-state index in [2.05, 4.69) is 27.4 Å². The second kappa shape index (κ2) is 6.28. The van der Waals surface area contributed by atoms with Crippen molar-refractivity contribution in [2.45, 2.75) is 31.5 Å². The molecule has 118 valence electrons. The lowest BCUT2D eigenvalue weighted by molar-refractivity contribution is 0.106. The molecule has 0 fully saturated rings. The number of hydrogen-bond acceptors (Lipinski definition) is 2. The van der Waals surface area contributed by atoms with Gasteiger partial charge in [0.1, 0.15) is 5.60 Å². The number of benzene rings is 2. The first-order valence-electron chi connectivity index (χ1n) is 7.57. The first-order chi connectivity index (χ1) is 10.2. The molecule has 1 atom stereocenters. The summed E-state index contributed by atoms with van der Waals surface area (Å²) in [5.74, 6) is 0. The van der Waals surface area contributed by atoms with Crippen LogP contribution in [-0.2, 0) is 17.4 Å². The molecule has 0 spiro atoms. The zero-order valence-electron chi connectivity index (χ0n) is 13.8. The Hall–Kier alpha value is -0.950. The normalized spacial score (nSPS) is 15.3. The predicted molar refractivity (Wildman–Crippen MR) is 101 cm³/mol. The Morgan fingerprint density at radius 2 is 1.23 bits per heavy atom. The van der Waals surface area contributed by atoms with Crippen LogP contribution < -0.4 is 0 Å². The van der Waals surface area contributed by atoms with Crippen molar-refractivity contribution >= 4 is 17.8 Å². The van der Waals surface area contributed by atoms with E-state index < -0.39 is 11.6 Å². The van der Waals surface area contributed by atoms with Crippen molar-refractivity contribution in [1.29, 1.82) is 0 Å². The summed E-state index contributed by atoms with van der Waals surface area (Å²) in [6.07, 6.45) is 0.604. The van der Waals surface area contributed by atoms with Gasteiger partial charge in [-0.2, -0.15) is 0 Å². The van der Waals surface area contributed by atoms with E-state index >= 15 is 0 Å². The Balaban J connectivity index is 2.56. The standard InChI is InChI=1S/C19H25OPS/c1-18(2,3)21(4,22)15-19(20,16-11-7-5-8-12-16)17-13-9-6-10-14-17/h5-14,20H,15H2,1-4H3/t21-/m1/s1. The molecule has 0 unspecified atom stereocenters. The van der Waals surface area contributed by atoms with E-state index in [4.69, 9.17) is 11.8 Å².